The summed E-state index contributed by atoms with van der Waals surface area (Å²) in [5.74, 6) is 0.358. The fourth-order valence-corrected chi connectivity index (χ4v) is 4.52. The van der Waals surface area contributed by atoms with E-state index in [1.165, 1.54) is 0 Å². The van der Waals surface area contributed by atoms with E-state index in [1.54, 1.807) is 18.1 Å². The Balaban J connectivity index is 1.64. The lowest BCUT2D eigenvalue weighted by atomic mass is 10.0. The van der Waals surface area contributed by atoms with Crippen molar-refractivity contribution < 1.29 is 14.3 Å². The zero-order valence-corrected chi connectivity index (χ0v) is 22.1. The standard InChI is InChI=1S/C32H31ClN2O3/c1-38-28-19-16-25(17-20-28)23-35(30(36)21-18-24-10-4-2-5-11-24)31(26-12-6-3-7-13-26)32(37)34-22-27-14-8-9-15-29(27)33/h2-17,19-20,31H,18,21-23H2,1H3,(H,34,37)/t31-/m0/s1. The molecule has 0 bridgehead atoms. The zero-order valence-electron chi connectivity index (χ0n) is 21.3. The average molecular weight is 527 g/mol. The largest absolute Gasteiger partial charge is 0.497 e. The number of rotatable bonds is 11. The topological polar surface area (TPSA) is 58.6 Å². The summed E-state index contributed by atoms with van der Waals surface area (Å²) in [5, 5.41) is 3.60. The van der Waals surface area contributed by atoms with Crippen LogP contribution in [0.1, 0.15) is 34.7 Å². The molecule has 5 nitrogen and oxygen atoms in total. The van der Waals surface area contributed by atoms with Crippen molar-refractivity contribution in [1.29, 1.82) is 0 Å². The maximum Gasteiger partial charge on any atom is 0.247 e. The lowest BCUT2D eigenvalue weighted by Crippen LogP contribution is -2.43. The summed E-state index contributed by atoms with van der Waals surface area (Å²) in [6.45, 7) is 0.535. The van der Waals surface area contributed by atoms with Gasteiger partial charge in [0, 0.05) is 24.5 Å². The summed E-state index contributed by atoms with van der Waals surface area (Å²) in [7, 11) is 1.61. The van der Waals surface area contributed by atoms with E-state index < -0.39 is 6.04 Å². The van der Waals surface area contributed by atoms with Crippen LogP contribution in [0.15, 0.2) is 109 Å². The van der Waals surface area contributed by atoms with Crippen molar-refractivity contribution in [2.75, 3.05) is 7.11 Å². The number of hydrogen-bond donors (Lipinski definition) is 1. The van der Waals surface area contributed by atoms with Crippen LogP contribution in [0, 0.1) is 0 Å². The van der Waals surface area contributed by atoms with Gasteiger partial charge >= 0.3 is 0 Å². The molecule has 0 aromatic heterocycles. The number of halogens is 1. The lowest BCUT2D eigenvalue weighted by Gasteiger charge is -2.32. The molecule has 0 fully saturated rings. The number of amides is 2. The van der Waals surface area contributed by atoms with Crippen LogP contribution in [0.3, 0.4) is 0 Å². The molecular formula is C32H31ClN2O3. The van der Waals surface area contributed by atoms with E-state index in [0.717, 1.165) is 28.0 Å². The quantitative estimate of drug-likeness (QED) is 0.247. The molecule has 0 heterocycles. The number of carbonyl (C=O) groups is 2. The van der Waals surface area contributed by atoms with Gasteiger partial charge in [0.15, 0.2) is 0 Å². The van der Waals surface area contributed by atoms with Crippen LogP contribution in [-0.2, 0) is 29.1 Å². The van der Waals surface area contributed by atoms with Gasteiger partial charge in [0.1, 0.15) is 11.8 Å². The van der Waals surface area contributed by atoms with Gasteiger partial charge in [-0.1, -0.05) is 103 Å². The van der Waals surface area contributed by atoms with E-state index in [-0.39, 0.29) is 31.3 Å². The minimum atomic E-state index is -0.816. The van der Waals surface area contributed by atoms with E-state index in [1.807, 2.05) is 103 Å². The van der Waals surface area contributed by atoms with E-state index >= 15 is 0 Å². The van der Waals surface area contributed by atoms with Crippen LogP contribution in [0.2, 0.25) is 5.02 Å². The van der Waals surface area contributed by atoms with Crippen LogP contribution in [0.4, 0.5) is 0 Å². The Morgan fingerprint density at radius 3 is 2.11 bits per heavy atom. The van der Waals surface area contributed by atoms with Gasteiger partial charge in [0.25, 0.3) is 0 Å². The third-order valence-electron chi connectivity index (χ3n) is 6.39. The highest BCUT2D eigenvalue weighted by molar-refractivity contribution is 6.31. The highest BCUT2D eigenvalue weighted by Gasteiger charge is 2.31. The summed E-state index contributed by atoms with van der Waals surface area (Å²) < 4.78 is 5.29. The molecule has 38 heavy (non-hydrogen) atoms. The Hall–Kier alpha value is -4.09. The molecule has 6 heteroatoms. The second kappa shape index (κ2) is 13.5. The maximum atomic E-state index is 13.8. The zero-order chi connectivity index (χ0) is 26.7. The summed E-state index contributed by atoms with van der Waals surface area (Å²) in [5.41, 5.74) is 3.53. The Bertz CT molecular complexity index is 1330. The van der Waals surface area contributed by atoms with Crippen LogP contribution in [-0.4, -0.2) is 23.8 Å². The van der Waals surface area contributed by atoms with E-state index in [0.29, 0.717) is 11.4 Å². The summed E-state index contributed by atoms with van der Waals surface area (Å²) in [6.07, 6.45) is 0.864. The number of hydrogen-bond acceptors (Lipinski definition) is 3. The van der Waals surface area contributed by atoms with Gasteiger partial charge < -0.3 is 15.0 Å². The van der Waals surface area contributed by atoms with E-state index in [2.05, 4.69) is 5.32 Å². The second-order valence-electron chi connectivity index (χ2n) is 8.98. The van der Waals surface area contributed by atoms with Crippen molar-refractivity contribution in [2.45, 2.75) is 32.0 Å². The van der Waals surface area contributed by atoms with Crippen LogP contribution >= 0.6 is 11.6 Å². The molecule has 0 spiro atoms. The van der Waals surface area contributed by atoms with Crippen molar-refractivity contribution in [3.63, 3.8) is 0 Å². The molecule has 0 aliphatic rings. The number of aryl methyl sites for hydroxylation is 1. The molecule has 4 aromatic rings. The van der Waals surface area contributed by atoms with Gasteiger partial charge in [-0.15, -0.1) is 0 Å². The molecule has 0 radical (unpaired) electrons. The van der Waals surface area contributed by atoms with Crippen molar-refractivity contribution in [3.05, 3.63) is 136 Å². The highest BCUT2D eigenvalue weighted by atomic mass is 35.5. The normalized spacial score (nSPS) is 11.4. The minimum Gasteiger partial charge on any atom is -0.497 e. The molecule has 0 aliphatic heterocycles. The Morgan fingerprint density at radius 2 is 1.45 bits per heavy atom. The smallest absolute Gasteiger partial charge is 0.247 e. The minimum absolute atomic E-state index is 0.105. The van der Waals surface area contributed by atoms with Crippen LogP contribution in [0.5, 0.6) is 5.75 Å². The molecule has 4 rings (SSSR count). The number of nitrogens with one attached hydrogen (secondary N) is 1. The van der Waals surface area contributed by atoms with Crippen LogP contribution in [0.25, 0.3) is 0 Å². The van der Waals surface area contributed by atoms with Gasteiger partial charge in [-0.05, 0) is 46.9 Å². The molecule has 0 saturated heterocycles. The van der Waals surface area contributed by atoms with Gasteiger partial charge in [0.05, 0.1) is 7.11 Å². The molecule has 2 amide bonds. The molecule has 1 N–H and O–H groups in total. The molecule has 0 aliphatic carbocycles. The third-order valence-corrected chi connectivity index (χ3v) is 6.76. The Kier molecular flexibility index (Phi) is 9.54. The first kappa shape index (κ1) is 27.0. The maximum absolute atomic E-state index is 13.8. The number of nitrogens with zero attached hydrogens (tertiary/aromatic N) is 1. The van der Waals surface area contributed by atoms with Gasteiger partial charge in [-0.25, -0.2) is 0 Å². The van der Waals surface area contributed by atoms with Gasteiger partial charge in [-0.2, -0.15) is 0 Å². The summed E-state index contributed by atoms with van der Waals surface area (Å²) in [6, 6.07) is 33.4. The molecular weight excluding hydrogens is 496 g/mol. The van der Waals surface area contributed by atoms with Gasteiger partial charge in [-0.3, -0.25) is 9.59 Å². The lowest BCUT2D eigenvalue weighted by molar-refractivity contribution is -0.141. The predicted octanol–water partition coefficient (Wildman–Crippen LogP) is 6.37. The fourth-order valence-electron chi connectivity index (χ4n) is 4.32. The number of ether oxygens (including phenoxy) is 1. The molecule has 1 atom stereocenters. The molecule has 194 valence electrons. The second-order valence-corrected chi connectivity index (χ2v) is 9.38. The van der Waals surface area contributed by atoms with Crippen molar-refractivity contribution in [3.8, 4) is 5.75 Å². The monoisotopic (exact) mass is 526 g/mol. The number of benzene rings is 4. The first-order valence-electron chi connectivity index (χ1n) is 12.6. The van der Waals surface area contributed by atoms with Crippen molar-refractivity contribution in [1.82, 2.24) is 10.2 Å². The highest BCUT2D eigenvalue weighted by Crippen LogP contribution is 2.26. The Morgan fingerprint density at radius 1 is 0.816 bits per heavy atom. The fraction of sp³-hybridized carbons (Fsp3) is 0.188. The van der Waals surface area contributed by atoms with Gasteiger partial charge in [0.2, 0.25) is 11.8 Å². The van der Waals surface area contributed by atoms with E-state index in [9.17, 15) is 9.59 Å². The van der Waals surface area contributed by atoms with Crippen molar-refractivity contribution >= 4 is 23.4 Å². The predicted molar refractivity (Wildman–Crippen MR) is 151 cm³/mol. The Labute approximate surface area is 229 Å². The van der Waals surface area contributed by atoms with Crippen molar-refractivity contribution in [2.24, 2.45) is 0 Å². The third kappa shape index (κ3) is 7.24. The van der Waals surface area contributed by atoms with E-state index in [4.69, 9.17) is 16.3 Å². The summed E-state index contributed by atoms with van der Waals surface area (Å²) >= 11 is 6.32. The molecule has 0 unspecified atom stereocenters. The SMILES string of the molecule is COc1ccc(CN(C(=O)CCc2ccccc2)[C@H](C(=O)NCc2ccccc2Cl)c2ccccc2)cc1. The average Bonchev–Trinajstić information content (AvgIpc) is 2.96. The number of methoxy groups -OCH3 is 1. The molecule has 4 aromatic carbocycles. The summed E-state index contributed by atoms with van der Waals surface area (Å²) in [4.78, 5) is 29.2. The molecule has 0 saturated carbocycles. The first-order chi connectivity index (χ1) is 18.5. The first-order valence-corrected chi connectivity index (χ1v) is 13.0. The number of carbonyl (C=O) groups excluding carboxylic acids is 2. The van der Waals surface area contributed by atoms with Crippen LogP contribution < -0.4 is 10.1 Å².